The number of methoxy groups -OCH3 is 1. The van der Waals surface area contributed by atoms with Crippen LogP contribution in [0.3, 0.4) is 0 Å². The van der Waals surface area contributed by atoms with Crippen LogP contribution in [0.2, 0.25) is 5.02 Å². The van der Waals surface area contributed by atoms with Gasteiger partial charge in [-0.05, 0) is 42.8 Å². The first-order valence-electron chi connectivity index (χ1n) is 7.42. The summed E-state index contributed by atoms with van der Waals surface area (Å²) in [5.41, 5.74) is 3.02. The van der Waals surface area contributed by atoms with E-state index in [0.717, 1.165) is 16.7 Å². The smallest absolute Gasteiger partial charge is 0.175 e. The molecule has 0 atom stereocenters. The monoisotopic (exact) mass is 377 g/mol. The van der Waals surface area contributed by atoms with Crippen molar-refractivity contribution in [2.45, 2.75) is 11.8 Å². The molecule has 25 heavy (non-hydrogen) atoms. The van der Waals surface area contributed by atoms with Crippen LogP contribution in [0.4, 0.5) is 0 Å². The van der Waals surface area contributed by atoms with Crippen molar-refractivity contribution in [1.82, 2.24) is 5.16 Å². The van der Waals surface area contributed by atoms with Gasteiger partial charge < -0.3 is 9.26 Å². The fourth-order valence-electron chi connectivity index (χ4n) is 2.59. The van der Waals surface area contributed by atoms with Gasteiger partial charge in [0, 0.05) is 11.8 Å². The number of benzene rings is 2. The van der Waals surface area contributed by atoms with Gasteiger partial charge in [-0.1, -0.05) is 28.9 Å². The molecule has 2 aromatic carbocycles. The van der Waals surface area contributed by atoms with Gasteiger partial charge in [-0.2, -0.15) is 0 Å². The van der Waals surface area contributed by atoms with Gasteiger partial charge in [-0.25, -0.2) is 8.42 Å². The van der Waals surface area contributed by atoms with Crippen LogP contribution in [-0.4, -0.2) is 26.9 Å². The molecule has 1 heterocycles. The molecule has 0 fully saturated rings. The minimum atomic E-state index is -3.24. The van der Waals surface area contributed by atoms with Crippen molar-refractivity contribution >= 4 is 21.4 Å². The number of nitrogens with zero attached hydrogens (tertiary/aromatic N) is 1. The van der Waals surface area contributed by atoms with E-state index in [4.69, 9.17) is 20.9 Å². The highest BCUT2D eigenvalue weighted by Gasteiger charge is 2.18. The Hall–Kier alpha value is -2.31. The zero-order valence-corrected chi connectivity index (χ0v) is 15.5. The largest absolute Gasteiger partial charge is 0.495 e. The third-order valence-electron chi connectivity index (χ3n) is 3.86. The van der Waals surface area contributed by atoms with Crippen LogP contribution in [0.5, 0.6) is 5.75 Å². The zero-order chi connectivity index (χ0) is 18.2. The normalized spacial score (nSPS) is 11.5. The van der Waals surface area contributed by atoms with E-state index in [2.05, 4.69) is 5.16 Å². The van der Waals surface area contributed by atoms with Gasteiger partial charge in [-0.15, -0.1) is 0 Å². The Balaban J connectivity index is 2.10. The molecule has 0 radical (unpaired) electrons. The first kappa shape index (κ1) is 17.5. The second kappa shape index (κ2) is 6.54. The summed E-state index contributed by atoms with van der Waals surface area (Å²) in [7, 11) is -1.69. The first-order valence-corrected chi connectivity index (χ1v) is 9.69. The Morgan fingerprint density at radius 2 is 1.72 bits per heavy atom. The molecule has 0 saturated heterocycles. The number of rotatable bonds is 4. The van der Waals surface area contributed by atoms with Crippen LogP contribution in [0.25, 0.3) is 22.4 Å². The lowest BCUT2D eigenvalue weighted by Gasteiger charge is -2.07. The topological polar surface area (TPSA) is 69.4 Å². The van der Waals surface area contributed by atoms with Gasteiger partial charge in [0.1, 0.15) is 17.2 Å². The van der Waals surface area contributed by atoms with Crippen LogP contribution >= 0.6 is 11.6 Å². The summed E-state index contributed by atoms with van der Waals surface area (Å²) in [6, 6.07) is 12.0. The van der Waals surface area contributed by atoms with Crippen LogP contribution in [0, 0.1) is 6.92 Å². The zero-order valence-electron chi connectivity index (χ0n) is 13.9. The summed E-state index contributed by atoms with van der Waals surface area (Å²) >= 11 is 6.21. The van der Waals surface area contributed by atoms with Crippen molar-refractivity contribution in [1.29, 1.82) is 0 Å². The molecule has 1 aromatic heterocycles. The van der Waals surface area contributed by atoms with Crippen LogP contribution in [0.15, 0.2) is 51.9 Å². The van der Waals surface area contributed by atoms with E-state index in [1.807, 2.05) is 6.07 Å². The van der Waals surface area contributed by atoms with Crippen molar-refractivity contribution in [2.24, 2.45) is 0 Å². The lowest BCUT2D eigenvalue weighted by Crippen LogP contribution is -1.96. The second-order valence-electron chi connectivity index (χ2n) is 5.61. The summed E-state index contributed by atoms with van der Waals surface area (Å²) in [5, 5.41) is 4.61. The Kier molecular flexibility index (Phi) is 4.58. The van der Waals surface area contributed by atoms with Crippen molar-refractivity contribution in [3.63, 3.8) is 0 Å². The Morgan fingerprint density at radius 3 is 2.28 bits per heavy atom. The fraction of sp³-hybridized carbons (Fsp3) is 0.167. The third kappa shape index (κ3) is 3.41. The molecule has 3 aromatic rings. The molecule has 0 saturated carbocycles. The molecule has 0 amide bonds. The molecular formula is C18H16ClNO4S. The van der Waals surface area contributed by atoms with Crippen LogP contribution in [-0.2, 0) is 9.84 Å². The van der Waals surface area contributed by atoms with E-state index in [9.17, 15) is 8.42 Å². The van der Waals surface area contributed by atoms with Gasteiger partial charge in [0.25, 0.3) is 0 Å². The van der Waals surface area contributed by atoms with Gasteiger partial charge in [0.05, 0.1) is 22.6 Å². The number of ether oxygens (including phenoxy) is 1. The quantitative estimate of drug-likeness (QED) is 0.674. The molecule has 5 nitrogen and oxygen atoms in total. The SMILES string of the molecule is COc1ccc(-c2noc(C)c2-c2ccc(S(C)(=O)=O)cc2)cc1Cl. The molecule has 0 spiro atoms. The first-order chi connectivity index (χ1) is 11.8. The lowest BCUT2D eigenvalue weighted by molar-refractivity contribution is 0.400. The number of sulfone groups is 1. The van der Waals surface area contributed by atoms with E-state index in [0.29, 0.717) is 22.2 Å². The molecule has 130 valence electrons. The number of aromatic nitrogens is 1. The van der Waals surface area contributed by atoms with E-state index in [1.165, 1.54) is 6.26 Å². The predicted octanol–water partition coefficient (Wildman–Crippen LogP) is 4.38. The minimum absolute atomic E-state index is 0.263. The van der Waals surface area contributed by atoms with E-state index in [1.54, 1.807) is 50.4 Å². The average Bonchev–Trinajstić information content (AvgIpc) is 2.95. The van der Waals surface area contributed by atoms with Gasteiger partial charge in [0.15, 0.2) is 9.84 Å². The molecule has 0 bridgehead atoms. The maximum absolute atomic E-state index is 11.6. The van der Waals surface area contributed by atoms with Gasteiger partial charge in [-0.3, -0.25) is 0 Å². The molecule has 0 aliphatic carbocycles. The summed E-state index contributed by atoms with van der Waals surface area (Å²) in [6.45, 7) is 1.81. The van der Waals surface area contributed by atoms with Crippen molar-refractivity contribution in [3.8, 4) is 28.1 Å². The number of halogens is 1. The third-order valence-corrected chi connectivity index (χ3v) is 5.28. The summed E-state index contributed by atoms with van der Waals surface area (Å²) in [4.78, 5) is 0.263. The Bertz CT molecular complexity index is 1020. The van der Waals surface area contributed by atoms with E-state index in [-0.39, 0.29) is 4.90 Å². The van der Waals surface area contributed by atoms with Crippen molar-refractivity contribution in [3.05, 3.63) is 53.2 Å². The second-order valence-corrected chi connectivity index (χ2v) is 8.03. The maximum Gasteiger partial charge on any atom is 0.175 e. The number of aryl methyl sites for hydroxylation is 1. The van der Waals surface area contributed by atoms with Crippen LogP contribution in [0.1, 0.15) is 5.76 Å². The summed E-state index contributed by atoms with van der Waals surface area (Å²) in [5.74, 6) is 1.21. The van der Waals surface area contributed by atoms with Crippen molar-refractivity contribution < 1.29 is 17.7 Å². The molecule has 3 rings (SSSR count). The standard InChI is InChI=1S/C18H16ClNO4S/c1-11-17(12-4-7-14(8-5-12)25(3,21)22)18(20-24-11)13-6-9-16(23-2)15(19)10-13/h4-10H,1-3H3. The fourth-order valence-corrected chi connectivity index (χ4v) is 3.48. The predicted molar refractivity (Wildman–Crippen MR) is 96.8 cm³/mol. The lowest BCUT2D eigenvalue weighted by atomic mass is 9.99. The molecule has 0 aliphatic heterocycles. The Labute approximate surface area is 151 Å². The van der Waals surface area contributed by atoms with Crippen molar-refractivity contribution in [2.75, 3.05) is 13.4 Å². The molecular weight excluding hydrogens is 362 g/mol. The number of hydrogen-bond donors (Lipinski definition) is 0. The molecule has 7 heteroatoms. The molecule has 0 N–H and O–H groups in total. The minimum Gasteiger partial charge on any atom is -0.495 e. The molecule has 0 unspecified atom stereocenters. The average molecular weight is 378 g/mol. The highest BCUT2D eigenvalue weighted by Crippen LogP contribution is 2.37. The number of hydrogen-bond acceptors (Lipinski definition) is 5. The van der Waals surface area contributed by atoms with Gasteiger partial charge >= 0.3 is 0 Å². The summed E-state index contributed by atoms with van der Waals surface area (Å²) in [6.07, 6.45) is 1.18. The summed E-state index contributed by atoms with van der Waals surface area (Å²) < 4.78 is 33.8. The van der Waals surface area contributed by atoms with E-state index < -0.39 is 9.84 Å². The maximum atomic E-state index is 11.6. The van der Waals surface area contributed by atoms with Gasteiger partial charge in [0.2, 0.25) is 0 Å². The Morgan fingerprint density at radius 1 is 1.08 bits per heavy atom. The van der Waals surface area contributed by atoms with Crippen LogP contribution < -0.4 is 4.74 Å². The molecule has 0 aliphatic rings. The highest BCUT2D eigenvalue weighted by atomic mass is 35.5. The highest BCUT2D eigenvalue weighted by molar-refractivity contribution is 7.90. The van der Waals surface area contributed by atoms with E-state index >= 15 is 0 Å².